The van der Waals surface area contributed by atoms with Crippen LogP contribution in [0.1, 0.15) is 42.9 Å². The van der Waals surface area contributed by atoms with Gasteiger partial charge in [-0.15, -0.1) is 24.0 Å². The summed E-state index contributed by atoms with van der Waals surface area (Å²) in [4.78, 5) is 11.7. The molecule has 0 atom stereocenters. The van der Waals surface area contributed by atoms with Gasteiger partial charge in [-0.2, -0.15) is 0 Å². The van der Waals surface area contributed by atoms with Gasteiger partial charge in [-0.1, -0.05) is 12.1 Å². The first-order chi connectivity index (χ1) is 14.8. The van der Waals surface area contributed by atoms with Crippen molar-refractivity contribution in [3.63, 3.8) is 0 Å². The Bertz CT molecular complexity index is 867. The number of hydrogen-bond donors (Lipinski definition) is 2. The number of pyridine rings is 1. The van der Waals surface area contributed by atoms with Gasteiger partial charge >= 0.3 is 0 Å². The molecule has 6 nitrogen and oxygen atoms in total. The summed E-state index contributed by atoms with van der Waals surface area (Å²) in [5, 5.41) is 6.82. The van der Waals surface area contributed by atoms with E-state index in [9.17, 15) is 0 Å². The van der Waals surface area contributed by atoms with E-state index in [0.717, 1.165) is 63.2 Å². The highest BCUT2D eigenvalue weighted by Crippen LogP contribution is 2.25. The average Bonchev–Trinajstić information content (AvgIpc) is 3.26. The summed E-state index contributed by atoms with van der Waals surface area (Å²) in [6.45, 7) is 7.46. The van der Waals surface area contributed by atoms with Crippen LogP contribution in [-0.4, -0.2) is 43.7 Å². The van der Waals surface area contributed by atoms with Gasteiger partial charge < -0.3 is 20.3 Å². The van der Waals surface area contributed by atoms with Crippen LogP contribution in [0.5, 0.6) is 5.75 Å². The average molecular weight is 535 g/mol. The molecule has 2 aliphatic rings. The van der Waals surface area contributed by atoms with E-state index in [1.807, 2.05) is 6.20 Å². The number of halogens is 1. The second-order valence-electron chi connectivity index (χ2n) is 7.98. The molecule has 0 unspecified atom stereocenters. The number of fused-ring (bicyclic) bond motifs is 1. The highest BCUT2D eigenvalue weighted by atomic mass is 127. The molecule has 0 radical (unpaired) electrons. The number of nitrogens with one attached hydrogen (secondary N) is 2. The summed E-state index contributed by atoms with van der Waals surface area (Å²) >= 11 is 0. The highest BCUT2D eigenvalue weighted by Gasteiger charge is 2.13. The molecule has 168 valence electrons. The van der Waals surface area contributed by atoms with Crippen LogP contribution in [0, 0.1) is 0 Å². The van der Waals surface area contributed by atoms with Gasteiger partial charge in [-0.3, -0.25) is 0 Å². The van der Waals surface area contributed by atoms with Crippen LogP contribution in [-0.2, 0) is 19.4 Å². The zero-order valence-electron chi connectivity index (χ0n) is 18.4. The number of anilines is 1. The molecule has 7 heteroatoms. The maximum atomic E-state index is 5.60. The van der Waals surface area contributed by atoms with Crippen molar-refractivity contribution in [1.82, 2.24) is 15.6 Å². The standard InChI is InChI=1S/C24H33N5O.HI/c1-2-25-24(27-12-8-19-6-7-22-21(16-19)10-15-30-22)28-18-20-9-11-26-23(17-20)29-13-4-3-5-14-29;/h6-7,9,11,16-17H,2-5,8,10,12-15,18H2,1H3,(H2,25,27,28);1H. The Kier molecular flexibility index (Phi) is 9.24. The number of guanidine groups is 1. The van der Waals surface area contributed by atoms with Crippen molar-refractivity contribution in [2.45, 2.75) is 45.6 Å². The van der Waals surface area contributed by atoms with Gasteiger partial charge in [0, 0.05) is 38.8 Å². The topological polar surface area (TPSA) is 61.8 Å². The fraction of sp³-hybridized carbons (Fsp3) is 0.500. The van der Waals surface area contributed by atoms with Gasteiger partial charge in [-0.05, 0) is 67.5 Å². The van der Waals surface area contributed by atoms with Crippen molar-refractivity contribution in [2.24, 2.45) is 4.99 Å². The van der Waals surface area contributed by atoms with Crippen molar-refractivity contribution in [1.29, 1.82) is 0 Å². The number of benzene rings is 1. The molecule has 2 N–H and O–H groups in total. The minimum absolute atomic E-state index is 0. The molecule has 2 aliphatic heterocycles. The highest BCUT2D eigenvalue weighted by molar-refractivity contribution is 14.0. The van der Waals surface area contributed by atoms with Gasteiger partial charge in [0.05, 0.1) is 13.2 Å². The van der Waals surface area contributed by atoms with Gasteiger partial charge in [-0.25, -0.2) is 9.98 Å². The molecule has 2 aromatic rings. The lowest BCUT2D eigenvalue weighted by atomic mass is 10.1. The molecule has 31 heavy (non-hydrogen) atoms. The maximum absolute atomic E-state index is 5.60. The predicted octanol–water partition coefficient (Wildman–Crippen LogP) is 3.92. The predicted molar refractivity (Wildman–Crippen MR) is 138 cm³/mol. The molecule has 1 aromatic heterocycles. The van der Waals surface area contributed by atoms with E-state index in [4.69, 9.17) is 9.73 Å². The van der Waals surface area contributed by atoms with Crippen LogP contribution >= 0.6 is 24.0 Å². The molecule has 0 spiro atoms. The van der Waals surface area contributed by atoms with Crippen LogP contribution in [0.3, 0.4) is 0 Å². The van der Waals surface area contributed by atoms with Crippen LogP contribution in [0.15, 0.2) is 41.5 Å². The number of aromatic nitrogens is 1. The molecule has 0 bridgehead atoms. The second-order valence-corrected chi connectivity index (χ2v) is 7.98. The lowest BCUT2D eigenvalue weighted by molar-refractivity contribution is 0.357. The number of aliphatic imine (C=N–C) groups is 1. The minimum atomic E-state index is 0. The Morgan fingerprint density at radius 3 is 2.81 bits per heavy atom. The lowest BCUT2D eigenvalue weighted by Crippen LogP contribution is -2.38. The van der Waals surface area contributed by atoms with Gasteiger partial charge in [0.25, 0.3) is 0 Å². The minimum Gasteiger partial charge on any atom is -0.493 e. The molecule has 3 heterocycles. The van der Waals surface area contributed by atoms with Crippen molar-refractivity contribution in [3.8, 4) is 5.75 Å². The number of piperidine rings is 1. The van der Waals surface area contributed by atoms with Crippen molar-refractivity contribution < 1.29 is 4.74 Å². The van der Waals surface area contributed by atoms with Crippen LogP contribution in [0.4, 0.5) is 5.82 Å². The van der Waals surface area contributed by atoms with Crippen molar-refractivity contribution in [2.75, 3.05) is 37.7 Å². The van der Waals surface area contributed by atoms with Gasteiger partial charge in [0.15, 0.2) is 5.96 Å². The monoisotopic (exact) mass is 535 g/mol. The molecule has 1 aromatic carbocycles. The van der Waals surface area contributed by atoms with Crippen molar-refractivity contribution in [3.05, 3.63) is 53.2 Å². The Hall–Kier alpha value is -2.03. The van der Waals surface area contributed by atoms with Crippen LogP contribution < -0.4 is 20.3 Å². The molecular formula is C24H34IN5O. The van der Waals surface area contributed by atoms with E-state index in [1.54, 1.807) is 0 Å². The van der Waals surface area contributed by atoms with Gasteiger partial charge in [0.1, 0.15) is 11.6 Å². The number of rotatable bonds is 7. The molecular weight excluding hydrogens is 501 g/mol. The first-order valence-corrected chi connectivity index (χ1v) is 11.3. The number of ether oxygens (including phenoxy) is 1. The molecule has 0 aliphatic carbocycles. The summed E-state index contributed by atoms with van der Waals surface area (Å²) in [7, 11) is 0. The molecule has 0 saturated carbocycles. The third-order valence-corrected chi connectivity index (χ3v) is 5.71. The SMILES string of the molecule is CCNC(=NCc1ccnc(N2CCCCC2)c1)NCCc1ccc2c(c1)CCO2.I. The van der Waals surface area contributed by atoms with E-state index < -0.39 is 0 Å². The smallest absolute Gasteiger partial charge is 0.191 e. The van der Waals surface area contributed by atoms with Crippen molar-refractivity contribution >= 4 is 35.8 Å². The molecule has 1 saturated heterocycles. The van der Waals surface area contributed by atoms with E-state index in [0.29, 0.717) is 6.54 Å². The molecule has 1 fully saturated rings. The summed E-state index contributed by atoms with van der Waals surface area (Å²) in [5.41, 5.74) is 3.86. The molecule has 0 amide bonds. The zero-order valence-corrected chi connectivity index (χ0v) is 20.7. The quantitative estimate of drug-likeness (QED) is 0.320. The summed E-state index contributed by atoms with van der Waals surface area (Å²) in [6.07, 6.45) is 7.74. The maximum Gasteiger partial charge on any atom is 0.191 e. The Balaban J connectivity index is 0.00000272. The van der Waals surface area contributed by atoms with Crippen LogP contribution in [0.2, 0.25) is 0 Å². The number of nitrogens with zero attached hydrogens (tertiary/aromatic N) is 3. The first kappa shape index (κ1) is 23.6. The summed E-state index contributed by atoms with van der Waals surface area (Å²) in [6, 6.07) is 10.8. The molecule has 4 rings (SSSR count). The van der Waals surface area contributed by atoms with E-state index in [2.05, 4.69) is 57.8 Å². The third kappa shape index (κ3) is 6.72. The third-order valence-electron chi connectivity index (χ3n) is 5.71. The lowest BCUT2D eigenvalue weighted by Gasteiger charge is -2.27. The fourth-order valence-electron chi connectivity index (χ4n) is 4.09. The van der Waals surface area contributed by atoms with E-state index >= 15 is 0 Å². The Morgan fingerprint density at radius 1 is 1.10 bits per heavy atom. The van der Waals surface area contributed by atoms with Gasteiger partial charge in [0.2, 0.25) is 0 Å². The number of hydrogen-bond acceptors (Lipinski definition) is 4. The normalized spacial score (nSPS) is 15.6. The zero-order chi connectivity index (χ0) is 20.6. The second kappa shape index (κ2) is 12.1. The van der Waals surface area contributed by atoms with Crippen LogP contribution in [0.25, 0.3) is 0 Å². The summed E-state index contributed by atoms with van der Waals surface area (Å²) < 4.78 is 5.60. The first-order valence-electron chi connectivity index (χ1n) is 11.3. The summed E-state index contributed by atoms with van der Waals surface area (Å²) in [5.74, 6) is 2.99. The largest absolute Gasteiger partial charge is 0.493 e. The fourth-order valence-corrected chi connectivity index (χ4v) is 4.09. The Labute approximate surface area is 202 Å². The Morgan fingerprint density at radius 2 is 1.97 bits per heavy atom. The van der Waals surface area contributed by atoms with E-state index in [-0.39, 0.29) is 24.0 Å². The van der Waals surface area contributed by atoms with E-state index in [1.165, 1.54) is 36.0 Å².